The molecule has 0 bridgehead atoms. The largest absolute Gasteiger partial charge is 0.341 e. The molecule has 4 aromatic carbocycles. The van der Waals surface area contributed by atoms with Gasteiger partial charge in [-0.25, -0.2) is 9.97 Å². The number of imidazole rings is 2. The summed E-state index contributed by atoms with van der Waals surface area (Å²) in [5.41, 5.74) is 19.1. The summed E-state index contributed by atoms with van der Waals surface area (Å²) in [4.78, 5) is 15.9. The Balaban J connectivity index is 1.26. The number of nitrogens with two attached hydrogens (primary N) is 2. The van der Waals surface area contributed by atoms with Crippen LogP contribution in [0.3, 0.4) is 0 Å². The minimum atomic E-state index is -0.0997. The fourth-order valence-electron chi connectivity index (χ4n) is 5.12. The van der Waals surface area contributed by atoms with Gasteiger partial charge in [0.2, 0.25) is 0 Å². The second-order valence-corrected chi connectivity index (χ2v) is 11.5. The summed E-state index contributed by atoms with van der Waals surface area (Å²) in [5.74, 6) is 2.30. The maximum absolute atomic E-state index is 6.28. The van der Waals surface area contributed by atoms with Crippen LogP contribution in [0.2, 0.25) is 0 Å². The summed E-state index contributed by atoms with van der Waals surface area (Å²) in [6.07, 6.45) is 3.75. The summed E-state index contributed by atoms with van der Waals surface area (Å²) < 4.78 is 0. The number of H-pyrrole nitrogens is 2. The van der Waals surface area contributed by atoms with Crippen molar-refractivity contribution < 1.29 is 0 Å². The number of hydrogen-bond acceptors (Lipinski definition) is 4. The average Bonchev–Trinajstić information content (AvgIpc) is 3.66. The van der Waals surface area contributed by atoms with E-state index in [-0.39, 0.29) is 12.1 Å². The normalized spacial score (nSPS) is 13.5. The highest BCUT2D eigenvalue weighted by Gasteiger charge is 2.16. The van der Waals surface area contributed by atoms with Gasteiger partial charge >= 0.3 is 0 Å². The van der Waals surface area contributed by atoms with E-state index >= 15 is 0 Å². The summed E-state index contributed by atoms with van der Waals surface area (Å²) in [7, 11) is 0. The summed E-state index contributed by atoms with van der Waals surface area (Å²) in [6, 6.07) is 26.1. The number of fused-ring (bicyclic) bond motifs is 2. The number of aromatic nitrogens is 4. The van der Waals surface area contributed by atoms with Crippen molar-refractivity contribution in [3.63, 3.8) is 0 Å². The molecule has 202 valence electrons. The number of aromatic amines is 2. The molecule has 6 rings (SSSR count). The Morgan fingerprint density at radius 3 is 1.18 bits per heavy atom. The zero-order chi connectivity index (χ0) is 28.0. The molecule has 2 aromatic heterocycles. The molecule has 6 heteroatoms. The van der Waals surface area contributed by atoms with E-state index in [9.17, 15) is 0 Å². The first-order valence-electron chi connectivity index (χ1n) is 14.0. The molecular weight excluding hydrogens is 492 g/mol. The molecule has 6 aromatic rings. The predicted molar refractivity (Wildman–Crippen MR) is 166 cm³/mol. The van der Waals surface area contributed by atoms with Crippen molar-refractivity contribution in [2.75, 3.05) is 0 Å². The molecule has 0 radical (unpaired) electrons. The molecule has 40 heavy (non-hydrogen) atoms. The van der Waals surface area contributed by atoms with Gasteiger partial charge < -0.3 is 21.4 Å². The average molecular weight is 529 g/mol. The lowest BCUT2D eigenvalue weighted by Crippen LogP contribution is -2.18. The molecule has 0 spiro atoms. The number of hydrogen-bond donors (Lipinski definition) is 4. The molecule has 2 unspecified atom stereocenters. The molecule has 0 aliphatic heterocycles. The standard InChI is InChI=1S/C34H36N6/c1-19(2)31(35)33-37-17-29(39-33)27-11-9-23-13-21(5-7-25(23)15-27)22-6-8-26-16-28(12-10-24(26)14-22)30-18-38-34(40-30)32(36)20(3)4/h5-20,31-32H,35-36H2,1-4H3,(H,37,39)(H,38,40). The van der Waals surface area contributed by atoms with E-state index in [0.717, 1.165) is 34.2 Å². The lowest BCUT2D eigenvalue weighted by Gasteiger charge is -2.12. The van der Waals surface area contributed by atoms with Crippen LogP contribution >= 0.6 is 0 Å². The number of benzene rings is 4. The summed E-state index contributed by atoms with van der Waals surface area (Å²) >= 11 is 0. The van der Waals surface area contributed by atoms with Gasteiger partial charge in [-0.1, -0.05) is 76.2 Å². The fourth-order valence-corrected chi connectivity index (χ4v) is 5.12. The first-order valence-corrected chi connectivity index (χ1v) is 14.0. The Morgan fingerprint density at radius 2 is 0.825 bits per heavy atom. The van der Waals surface area contributed by atoms with Crippen molar-refractivity contribution in [1.29, 1.82) is 0 Å². The van der Waals surface area contributed by atoms with Crippen molar-refractivity contribution in [3.05, 3.63) is 96.8 Å². The van der Waals surface area contributed by atoms with Crippen LogP contribution in [0, 0.1) is 11.8 Å². The highest BCUT2D eigenvalue weighted by atomic mass is 15.0. The van der Waals surface area contributed by atoms with Crippen LogP contribution in [0.4, 0.5) is 0 Å². The Kier molecular flexibility index (Phi) is 6.74. The van der Waals surface area contributed by atoms with Crippen molar-refractivity contribution in [3.8, 4) is 33.6 Å². The fraction of sp³-hybridized carbons (Fsp3) is 0.235. The van der Waals surface area contributed by atoms with Crippen molar-refractivity contribution in [1.82, 2.24) is 19.9 Å². The van der Waals surface area contributed by atoms with E-state index in [2.05, 4.69) is 120 Å². The topological polar surface area (TPSA) is 109 Å². The molecule has 6 nitrogen and oxygen atoms in total. The zero-order valence-corrected chi connectivity index (χ0v) is 23.4. The molecule has 6 N–H and O–H groups in total. The molecule has 2 heterocycles. The third kappa shape index (κ3) is 4.92. The molecule has 2 atom stereocenters. The number of nitrogens with zero attached hydrogens (tertiary/aromatic N) is 2. The minimum absolute atomic E-state index is 0.0997. The Morgan fingerprint density at radius 1 is 0.500 bits per heavy atom. The molecule has 0 saturated carbocycles. The van der Waals surface area contributed by atoms with Crippen molar-refractivity contribution >= 4 is 21.5 Å². The molecule has 0 amide bonds. The van der Waals surface area contributed by atoms with E-state index in [0.29, 0.717) is 11.8 Å². The molecule has 0 fully saturated rings. The van der Waals surface area contributed by atoms with Crippen LogP contribution in [-0.2, 0) is 0 Å². The SMILES string of the molecule is CC(C)C(N)c1ncc(-c2ccc3cc(-c4ccc5cc(-c6cnc(C(N)C(C)C)[nH]6)ccc5c4)ccc3c2)[nH]1. The second kappa shape index (κ2) is 10.4. The van der Waals surface area contributed by atoms with Crippen LogP contribution < -0.4 is 11.5 Å². The van der Waals surface area contributed by atoms with E-state index < -0.39 is 0 Å². The summed E-state index contributed by atoms with van der Waals surface area (Å²) in [5, 5.41) is 4.77. The van der Waals surface area contributed by atoms with E-state index in [1.807, 2.05) is 12.4 Å². The quantitative estimate of drug-likeness (QED) is 0.170. The van der Waals surface area contributed by atoms with E-state index in [1.165, 1.54) is 32.7 Å². The maximum Gasteiger partial charge on any atom is 0.123 e. The van der Waals surface area contributed by atoms with E-state index in [4.69, 9.17) is 11.5 Å². The van der Waals surface area contributed by atoms with Gasteiger partial charge in [0.25, 0.3) is 0 Å². The monoisotopic (exact) mass is 528 g/mol. The van der Waals surface area contributed by atoms with Crippen molar-refractivity contribution in [2.24, 2.45) is 23.3 Å². The summed E-state index contributed by atoms with van der Waals surface area (Å²) in [6.45, 7) is 8.42. The van der Waals surface area contributed by atoms with Gasteiger partial charge in [-0.05, 0) is 68.8 Å². The number of rotatable bonds is 7. The highest BCUT2D eigenvalue weighted by Crippen LogP contribution is 2.32. The minimum Gasteiger partial charge on any atom is -0.341 e. The Labute approximate surface area is 234 Å². The van der Waals surface area contributed by atoms with Crippen LogP contribution in [0.25, 0.3) is 55.2 Å². The predicted octanol–water partition coefficient (Wildman–Crippen LogP) is 7.75. The Bertz CT molecular complexity index is 1680. The first-order chi connectivity index (χ1) is 19.3. The Hall–Kier alpha value is -4.26. The van der Waals surface area contributed by atoms with E-state index in [1.54, 1.807) is 0 Å². The van der Waals surface area contributed by atoms with Gasteiger partial charge in [-0.15, -0.1) is 0 Å². The van der Waals surface area contributed by atoms with Crippen LogP contribution in [0.5, 0.6) is 0 Å². The van der Waals surface area contributed by atoms with Crippen molar-refractivity contribution in [2.45, 2.75) is 39.8 Å². The molecular formula is C34H36N6. The third-order valence-electron chi connectivity index (χ3n) is 7.89. The third-order valence-corrected chi connectivity index (χ3v) is 7.89. The molecule has 0 aliphatic carbocycles. The van der Waals surface area contributed by atoms with Crippen LogP contribution in [0.15, 0.2) is 85.2 Å². The maximum atomic E-state index is 6.28. The lowest BCUT2D eigenvalue weighted by molar-refractivity contribution is 0.494. The van der Waals surface area contributed by atoms with Gasteiger partial charge in [0, 0.05) is 11.1 Å². The second-order valence-electron chi connectivity index (χ2n) is 11.5. The molecule has 0 aliphatic rings. The van der Waals surface area contributed by atoms with Gasteiger partial charge in [-0.3, -0.25) is 0 Å². The first kappa shape index (κ1) is 26.0. The number of nitrogens with one attached hydrogen (secondary N) is 2. The van der Waals surface area contributed by atoms with Gasteiger partial charge in [0.15, 0.2) is 0 Å². The van der Waals surface area contributed by atoms with Crippen LogP contribution in [0.1, 0.15) is 51.4 Å². The highest BCUT2D eigenvalue weighted by molar-refractivity contribution is 5.94. The molecule has 0 saturated heterocycles. The van der Waals surface area contributed by atoms with Crippen LogP contribution in [-0.4, -0.2) is 19.9 Å². The van der Waals surface area contributed by atoms with Gasteiger partial charge in [-0.2, -0.15) is 0 Å². The van der Waals surface area contributed by atoms with Gasteiger partial charge in [0.05, 0.1) is 35.9 Å². The smallest absolute Gasteiger partial charge is 0.123 e. The van der Waals surface area contributed by atoms with Gasteiger partial charge in [0.1, 0.15) is 11.6 Å². The zero-order valence-electron chi connectivity index (χ0n) is 23.4. The lowest BCUT2D eigenvalue weighted by atomic mass is 9.97.